The highest BCUT2D eigenvalue weighted by molar-refractivity contribution is 7.98. The molecule has 248 valence electrons. The Morgan fingerprint density at radius 1 is 0.795 bits per heavy atom. The summed E-state index contributed by atoms with van der Waals surface area (Å²) in [6.45, 7) is 7.54. The van der Waals surface area contributed by atoms with Crippen LogP contribution in [0.4, 0.5) is 0 Å². The van der Waals surface area contributed by atoms with Crippen LogP contribution in [0.3, 0.4) is 0 Å². The molecule has 4 unspecified atom stereocenters. The van der Waals surface area contributed by atoms with E-state index in [1.165, 1.54) is 14.0 Å². The third-order valence-electron chi connectivity index (χ3n) is 6.69. The lowest BCUT2D eigenvalue weighted by atomic mass is 10.1. The van der Waals surface area contributed by atoms with E-state index < -0.39 is 42.3 Å². The Bertz CT molecular complexity index is 1010. The van der Waals surface area contributed by atoms with Gasteiger partial charge in [0, 0.05) is 31.3 Å². The van der Waals surface area contributed by atoms with Gasteiger partial charge in [0.1, 0.15) is 29.8 Å². The fourth-order valence-corrected chi connectivity index (χ4v) is 4.74. The van der Waals surface area contributed by atoms with Crippen LogP contribution in [0.25, 0.3) is 0 Å². The predicted octanol–water partition coefficient (Wildman–Crippen LogP) is 7.03. The zero-order valence-electron chi connectivity index (χ0n) is 27.3. The highest BCUT2D eigenvalue weighted by Gasteiger charge is 2.24. The summed E-state index contributed by atoms with van der Waals surface area (Å²) in [6, 6.07) is 7.76. The molecule has 0 saturated heterocycles. The van der Waals surface area contributed by atoms with Gasteiger partial charge in [0.05, 0.1) is 32.0 Å². The van der Waals surface area contributed by atoms with Crippen LogP contribution in [-0.2, 0) is 38.1 Å². The summed E-state index contributed by atoms with van der Waals surface area (Å²) in [5.74, 6) is -0.886. The molecule has 0 fully saturated rings. The van der Waals surface area contributed by atoms with Gasteiger partial charge < -0.3 is 23.7 Å². The van der Waals surface area contributed by atoms with Gasteiger partial charge in [0.25, 0.3) is 0 Å². The van der Waals surface area contributed by atoms with E-state index >= 15 is 0 Å². The molecule has 0 aromatic heterocycles. The number of ether oxygens (including phenoxy) is 5. The molecule has 0 N–H and O–H groups in total. The van der Waals surface area contributed by atoms with E-state index in [-0.39, 0.29) is 31.5 Å². The second kappa shape index (κ2) is 23.5. The normalized spacial score (nSPS) is 14.0. The molecular formula is C34H52O9S. The van der Waals surface area contributed by atoms with Crippen LogP contribution in [0.5, 0.6) is 5.75 Å². The van der Waals surface area contributed by atoms with E-state index in [1.807, 2.05) is 49.6 Å². The van der Waals surface area contributed by atoms with Crippen molar-refractivity contribution >= 4 is 35.5 Å². The molecule has 0 amide bonds. The molecule has 1 aromatic carbocycles. The molecule has 0 bridgehead atoms. The lowest BCUT2D eigenvalue weighted by Gasteiger charge is -2.21. The van der Waals surface area contributed by atoms with Crippen molar-refractivity contribution in [3.8, 4) is 5.75 Å². The quantitative estimate of drug-likeness (QED) is 0.0507. The number of rotatable bonds is 24. The fourth-order valence-electron chi connectivity index (χ4n) is 4.33. The third-order valence-corrected chi connectivity index (χ3v) is 7.43. The molecule has 10 heteroatoms. The number of esters is 3. The number of carbonyl (C=O) groups is 4. The molecule has 0 aliphatic rings. The van der Waals surface area contributed by atoms with E-state index in [2.05, 4.69) is 6.92 Å². The van der Waals surface area contributed by atoms with Crippen molar-refractivity contribution in [1.29, 1.82) is 0 Å². The topological polar surface area (TPSA) is 114 Å². The summed E-state index contributed by atoms with van der Waals surface area (Å²) >= 11 is 1.65. The van der Waals surface area contributed by atoms with Crippen molar-refractivity contribution in [2.45, 2.75) is 128 Å². The van der Waals surface area contributed by atoms with Crippen LogP contribution in [0.15, 0.2) is 41.3 Å². The molecule has 0 spiro atoms. The van der Waals surface area contributed by atoms with Gasteiger partial charge in [-0.3, -0.25) is 19.2 Å². The van der Waals surface area contributed by atoms with Gasteiger partial charge in [-0.25, -0.2) is 0 Å². The van der Waals surface area contributed by atoms with Gasteiger partial charge in [-0.15, -0.1) is 11.8 Å². The minimum absolute atomic E-state index is 0.0185. The van der Waals surface area contributed by atoms with E-state index in [1.54, 1.807) is 18.7 Å². The zero-order chi connectivity index (χ0) is 32.7. The monoisotopic (exact) mass is 636 g/mol. The Kier molecular flexibility index (Phi) is 20.9. The number of hydrogen-bond donors (Lipinski definition) is 0. The molecule has 0 aliphatic carbocycles. The molecule has 1 rings (SSSR count). The summed E-state index contributed by atoms with van der Waals surface area (Å²) in [5, 5.41) is 0. The van der Waals surface area contributed by atoms with E-state index in [0.717, 1.165) is 36.3 Å². The van der Waals surface area contributed by atoms with Crippen molar-refractivity contribution in [3.63, 3.8) is 0 Å². The maximum atomic E-state index is 12.7. The zero-order valence-corrected chi connectivity index (χ0v) is 28.2. The fraction of sp³-hybridized carbons (Fsp3) is 0.647. The second-order valence-corrected chi connectivity index (χ2v) is 11.7. The Labute approximate surface area is 267 Å². The summed E-state index contributed by atoms with van der Waals surface area (Å²) in [6.07, 6.45) is 8.51. The van der Waals surface area contributed by atoms with Crippen LogP contribution in [-0.4, -0.2) is 68.1 Å². The number of carbonyl (C=O) groups excluding carboxylic acids is 4. The van der Waals surface area contributed by atoms with Crippen LogP contribution in [0, 0.1) is 0 Å². The van der Waals surface area contributed by atoms with Crippen LogP contribution >= 0.6 is 11.8 Å². The summed E-state index contributed by atoms with van der Waals surface area (Å²) in [4.78, 5) is 50.8. The first-order chi connectivity index (χ1) is 21.1. The molecular weight excluding hydrogens is 584 g/mol. The van der Waals surface area contributed by atoms with Gasteiger partial charge in [-0.2, -0.15) is 0 Å². The largest absolute Gasteiger partial charge is 0.493 e. The average molecular weight is 637 g/mol. The minimum atomic E-state index is -0.715. The minimum Gasteiger partial charge on any atom is -0.493 e. The number of hydrogen-bond acceptors (Lipinski definition) is 10. The van der Waals surface area contributed by atoms with Gasteiger partial charge in [-0.1, -0.05) is 45.3 Å². The van der Waals surface area contributed by atoms with Crippen LogP contribution in [0.1, 0.15) is 98.3 Å². The maximum Gasteiger partial charge on any atom is 0.309 e. The van der Waals surface area contributed by atoms with Gasteiger partial charge >= 0.3 is 17.9 Å². The Balaban J connectivity index is 2.54. The van der Waals surface area contributed by atoms with E-state index in [9.17, 15) is 19.2 Å². The molecule has 1 aromatic rings. The van der Waals surface area contributed by atoms with Crippen molar-refractivity contribution in [3.05, 3.63) is 36.4 Å². The molecule has 0 heterocycles. The predicted molar refractivity (Wildman–Crippen MR) is 172 cm³/mol. The molecule has 0 radical (unpaired) electrons. The smallest absolute Gasteiger partial charge is 0.309 e. The van der Waals surface area contributed by atoms with Gasteiger partial charge in [0.2, 0.25) is 0 Å². The van der Waals surface area contributed by atoms with Crippen LogP contribution < -0.4 is 4.74 Å². The third kappa shape index (κ3) is 18.7. The van der Waals surface area contributed by atoms with Crippen molar-refractivity contribution in [2.24, 2.45) is 0 Å². The Morgan fingerprint density at radius 3 is 2.05 bits per heavy atom. The standard InChI is InChI=1S/C34H52O9S/c1-7-9-11-12-14-29(21-25(3)35)42-34(38)24-30(13-10-8-2)43-32(36)22-26(4)41-33(37)23-28(39-5)19-20-40-27-15-17-31(44-6)18-16-27/h11-12,15-18,26,28-30H,7-10,13-14,19-24H2,1-6H3. The Hall–Kier alpha value is -2.85. The highest BCUT2D eigenvalue weighted by Crippen LogP contribution is 2.20. The lowest BCUT2D eigenvalue weighted by molar-refractivity contribution is -0.161. The molecule has 4 atom stereocenters. The highest BCUT2D eigenvalue weighted by atomic mass is 32.2. The Morgan fingerprint density at radius 2 is 1.43 bits per heavy atom. The van der Waals surface area contributed by atoms with Crippen molar-refractivity contribution < 1.29 is 42.9 Å². The second-order valence-electron chi connectivity index (χ2n) is 10.9. The first kappa shape index (κ1) is 39.2. The van der Waals surface area contributed by atoms with Crippen molar-refractivity contribution in [2.75, 3.05) is 20.0 Å². The average Bonchev–Trinajstić information content (AvgIpc) is 2.97. The number of ketones is 1. The van der Waals surface area contributed by atoms with Crippen LogP contribution in [0.2, 0.25) is 0 Å². The number of methoxy groups -OCH3 is 1. The first-order valence-electron chi connectivity index (χ1n) is 15.6. The molecule has 0 saturated carbocycles. The first-order valence-corrected chi connectivity index (χ1v) is 16.8. The number of Topliss-reactive ketones (excluding diaryl/α,β-unsaturated/α-hetero) is 1. The SMILES string of the molecule is CCCC=CCC(CC(C)=O)OC(=O)CC(CCCC)OC(=O)CC(C)OC(=O)CC(CCOc1ccc(SC)cc1)OC. The summed E-state index contributed by atoms with van der Waals surface area (Å²) in [5.41, 5.74) is 0. The number of unbranched alkanes of at least 4 members (excludes halogenated alkanes) is 2. The molecule has 9 nitrogen and oxygen atoms in total. The maximum absolute atomic E-state index is 12.7. The molecule has 44 heavy (non-hydrogen) atoms. The number of benzene rings is 1. The van der Waals surface area contributed by atoms with E-state index in [0.29, 0.717) is 25.9 Å². The van der Waals surface area contributed by atoms with Crippen molar-refractivity contribution in [1.82, 2.24) is 0 Å². The summed E-state index contributed by atoms with van der Waals surface area (Å²) < 4.78 is 27.8. The summed E-state index contributed by atoms with van der Waals surface area (Å²) in [7, 11) is 1.53. The lowest BCUT2D eigenvalue weighted by Crippen LogP contribution is -2.28. The number of thioether (sulfide) groups is 1. The van der Waals surface area contributed by atoms with Gasteiger partial charge in [-0.05, 0) is 57.2 Å². The van der Waals surface area contributed by atoms with Gasteiger partial charge in [0.15, 0.2) is 0 Å². The number of allylic oxidation sites excluding steroid dienone is 1. The van der Waals surface area contributed by atoms with E-state index in [4.69, 9.17) is 23.7 Å². The molecule has 0 aliphatic heterocycles.